The van der Waals surface area contributed by atoms with Crippen LogP contribution in [0.1, 0.15) is 36.9 Å². The van der Waals surface area contributed by atoms with E-state index < -0.39 is 0 Å². The van der Waals surface area contributed by atoms with Gasteiger partial charge in [-0.1, -0.05) is 6.92 Å². The zero-order chi connectivity index (χ0) is 12.4. The van der Waals surface area contributed by atoms with Gasteiger partial charge in [-0.05, 0) is 37.6 Å². The average Bonchev–Trinajstić information content (AvgIpc) is 2.31. The third-order valence-electron chi connectivity index (χ3n) is 3.25. The molecule has 1 aliphatic rings. The van der Waals surface area contributed by atoms with Crippen molar-refractivity contribution in [3.63, 3.8) is 0 Å². The van der Waals surface area contributed by atoms with Crippen LogP contribution in [0.5, 0.6) is 0 Å². The standard InChI is InChI=1S/C13H17FN2O/c1-3-11(15-2)9-6-8-4-5-13(17)16-12(8)7-10(9)14/h6-7,11,15H,3-5H2,1-2H3,(H,16,17). The van der Waals surface area contributed by atoms with Gasteiger partial charge in [0.15, 0.2) is 0 Å². The van der Waals surface area contributed by atoms with Crippen molar-refractivity contribution in [2.75, 3.05) is 12.4 Å². The summed E-state index contributed by atoms with van der Waals surface area (Å²) in [6.07, 6.45) is 2.00. The minimum absolute atomic E-state index is 0.0259. The summed E-state index contributed by atoms with van der Waals surface area (Å²) in [5, 5.41) is 5.80. The second kappa shape index (κ2) is 4.84. The minimum Gasteiger partial charge on any atom is -0.326 e. The van der Waals surface area contributed by atoms with E-state index in [1.165, 1.54) is 6.07 Å². The van der Waals surface area contributed by atoms with E-state index in [0.29, 0.717) is 24.1 Å². The van der Waals surface area contributed by atoms with E-state index in [4.69, 9.17) is 0 Å². The van der Waals surface area contributed by atoms with Crippen molar-refractivity contribution in [1.82, 2.24) is 5.32 Å². The zero-order valence-electron chi connectivity index (χ0n) is 10.1. The number of carbonyl (C=O) groups excluding carboxylic acids is 1. The van der Waals surface area contributed by atoms with Crippen LogP contribution >= 0.6 is 0 Å². The fraction of sp³-hybridized carbons (Fsp3) is 0.462. The lowest BCUT2D eigenvalue weighted by molar-refractivity contribution is -0.116. The SMILES string of the molecule is CCC(NC)c1cc2c(cc1F)NC(=O)CC2. The van der Waals surface area contributed by atoms with E-state index in [1.807, 2.05) is 20.0 Å². The predicted molar refractivity (Wildman–Crippen MR) is 65.4 cm³/mol. The summed E-state index contributed by atoms with van der Waals surface area (Å²) < 4.78 is 13.9. The predicted octanol–water partition coefficient (Wildman–Crippen LogP) is 2.38. The number of aryl methyl sites for hydroxylation is 1. The third-order valence-corrected chi connectivity index (χ3v) is 3.25. The van der Waals surface area contributed by atoms with Gasteiger partial charge in [0.25, 0.3) is 0 Å². The maximum Gasteiger partial charge on any atom is 0.224 e. The molecule has 0 spiro atoms. The first-order valence-electron chi connectivity index (χ1n) is 5.95. The van der Waals surface area contributed by atoms with Crippen LogP contribution in [0.25, 0.3) is 0 Å². The first-order valence-corrected chi connectivity index (χ1v) is 5.95. The molecule has 1 amide bonds. The molecule has 0 saturated heterocycles. The molecule has 1 unspecified atom stereocenters. The Balaban J connectivity index is 2.40. The first kappa shape index (κ1) is 12.0. The fourth-order valence-corrected chi connectivity index (χ4v) is 2.27. The lowest BCUT2D eigenvalue weighted by Crippen LogP contribution is -2.21. The van der Waals surface area contributed by atoms with Gasteiger partial charge in [0.05, 0.1) is 0 Å². The Morgan fingerprint density at radius 1 is 1.47 bits per heavy atom. The molecular formula is C13H17FN2O. The number of halogens is 1. The lowest BCUT2D eigenvalue weighted by Gasteiger charge is -2.21. The lowest BCUT2D eigenvalue weighted by atomic mass is 9.96. The Morgan fingerprint density at radius 2 is 2.24 bits per heavy atom. The summed E-state index contributed by atoms with van der Waals surface area (Å²) in [6, 6.07) is 3.33. The van der Waals surface area contributed by atoms with Gasteiger partial charge in [-0.2, -0.15) is 0 Å². The van der Waals surface area contributed by atoms with Gasteiger partial charge in [0.2, 0.25) is 5.91 Å². The van der Waals surface area contributed by atoms with Gasteiger partial charge >= 0.3 is 0 Å². The van der Waals surface area contributed by atoms with Crippen LogP contribution in [0.3, 0.4) is 0 Å². The number of benzene rings is 1. The number of carbonyl (C=O) groups is 1. The highest BCUT2D eigenvalue weighted by atomic mass is 19.1. The summed E-state index contributed by atoms with van der Waals surface area (Å²) >= 11 is 0. The van der Waals surface area contributed by atoms with Crippen molar-refractivity contribution in [3.8, 4) is 0 Å². The molecule has 0 bridgehead atoms. The molecule has 3 nitrogen and oxygen atoms in total. The average molecular weight is 236 g/mol. The summed E-state index contributed by atoms with van der Waals surface area (Å²) in [5.74, 6) is -0.294. The van der Waals surface area contributed by atoms with Gasteiger partial charge in [-0.25, -0.2) is 4.39 Å². The molecule has 0 saturated carbocycles. The van der Waals surface area contributed by atoms with Crippen LogP contribution in [-0.4, -0.2) is 13.0 Å². The molecule has 1 aliphatic heterocycles. The Hall–Kier alpha value is -1.42. The molecule has 2 N–H and O–H groups in total. The largest absolute Gasteiger partial charge is 0.326 e. The quantitative estimate of drug-likeness (QED) is 0.846. The second-order valence-electron chi connectivity index (χ2n) is 4.33. The normalized spacial score (nSPS) is 16.3. The van der Waals surface area contributed by atoms with Crippen LogP contribution < -0.4 is 10.6 Å². The van der Waals surface area contributed by atoms with Crippen molar-refractivity contribution >= 4 is 11.6 Å². The molecule has 0 aliphatic carbocycles. The topological polar surface area (TPSA) is 41.1 Å². The van der Waals surface area contributed by atoms with Gasteiger partial charge in [0.1, 0.15) is 5.82 Å². The summed E-state index contributed by atoms with van der Waals surface area (Å²) in [7, 11) is 1.83. The summed E-state index contributed by atoms with van der Waals surface area (Å²) in [6.45, 7) is 2.02. The van der Waals surface area contributed by atoms with E-state index in [-0.39, 0.29) is 17.8 Å². The number of hydrogen-bond donors (Lipinski definition) is 2. The van der Waals surface area contributed by atoms with Gasteiger partial charge in [-0.15, -0.1) is 0 Å². The van der Waals surface area contributed by atoms with Gasteiger partial charge < -0.3 is 10.6 Å². The maximum atomic E-state index is 13.9. The Kier molecular flexibility index (Phi) is 3.43. The van der Waals surface area contributed by atoms with Crippen molar-refractivity contribution in [2.24, 2.45) is 0 Å². The highest BCUT2D eigenvalue weighted by Gasteiger charge is 2.20. The molecule has 2 rings (SSSR count). The molecule has 92 valence electrons. The van der Waals surface area contributed by atoms with E-state index in [2.05, 4.69) is 10.6 Å². The Bertz CT molecular complexity index is 441. The Labute approximate surface area is 100 Å². The Morgan fingerprint density at radius 3 is 2.88 bits per heavy atom. The van der Waals surface area contributed by atoms with E-state index in [1.54, 1.807) is 0 Å². The van der Waals surface area contributed by atoms with Crippen molar-refractivity contribution in [2.45, 2.75) is 32.2 Å². The molecule has 1 aromatic rings. The van der Waals surface area contributed by atoms with Crippen molar-refractivity contribution in [3.05, 3.63) is 29.1 Å². The number of anilines is 1. The smallest absolute Gasteiger partial charge is 0.224 e. The van der Waals surface area contributed by atoms with Crippen LogP contribution in [0.4, 0.5) is 10.1 Å². The number of rotatable bonds is 3. The number of nitrogens with one attached hydrogen (secondary N) is 2. The summed E-state index contributed by atoms with van der Waals surface area (Å²) in [4.78, 5) is 11.2. The highest BCUT2D eigenvalue weighted by molar-refractivity contribution is 5.93. The van der Waals surface area contributed by atoms with E-state index in [0.717, 1.165) is 12.0 Å². The van der Waals surface area contributed by atoms with Crippen LogP contribution in [0.2, 0.25) is 0 Å². The van der Waals surface area contributed by atoms with Crippen molar-refractivity contribution < 1.29 is 9.18 Å². The molecular weight excluding hydrogens is 219 g/mol. The van der Waals surface area contributed by atoms with Crippen molar-refractivity contribution in [1.29, 1.82) is 0 Å². The molecule has 0 fully saturated rings. The first-order chi connectivity index (χ1) is 8.15. The maximum absolute atomic E-state index is 13.9. The highest BCUT2D eigenvalue weighted by Crippen LogP contribution is 2.29. The minimum atomic E-state index is -0.257. The van der Waals surface area contributed by atoms with Gasteiger partial charge in [-0.3, -0.25) is 4.79 Å². The molecule has 1 aromatic carbocycles. The molecule has 17 heavy (non-hydrogen) atoms. The summed E-state index contributed by atoms with van der Waals surface area (Å²) in [5.41, 5.74) is 2.33. The zero-order valence-corrected chi connectivity index (χ0v) is 10.1. The van der Waals surface area contributed by atoms with Crippen LogP contribution in [0.15, 0.2) is 12.1 Å². The second-order valence-corrected chi connectivity index (χ2v) is 4.33. The monoisotopic (exact) mass is 236 g/mol. The number of amides is 1. The molecule has 1 heterocycles. The molecule has 0 aromatic heterocycles. The molecule has 0 radical (unpaired) electrons. The van der Waals surface area contributed by atoms with Crippen LogP contribution in [-0.2, 0) is 11.2 Å². The third kappa shape index (κ3) is 2.31. The molecule has 1 atom stereocenters. The molecule has 4 heteroatoms. The van der Waals surface area contributed by atoms with E-state index in [9.17, 15) is 9.18 Å². The van der Waals surface area contributed by atoms with E-state index >= 15 is 0 Å². The van der Waals surface area contributed by atoms with Gasteiger partial charge in [0, 0.05) is 23.7 Å². The van der Waals surface area contributed by atoms with Crippen LogP contribution in [0, 0.1) is 5.82 Å². The number of fused-ring (bicyclic) bond motifs is 1. The fourth-order valence-electron chi connectivity index (χ4n) is 2.27. The number of hydrogen-bond acceptors (Lipinski definition) is 2.